The molecule has 0 saturated heterocycles. The Morgan fingerprint density at radius 1 is 1.26 bits per heavy atom. The first-order valence-corrected chi connectivity index (χ1v) is 5.79. The van der Waals surface area contributed by atoms with Gasteiger partial charge in [0.05, 0.1) is 12.7 Å². The van der Waals surface area contributed by atoms with Gasteiger partial charge in [-0.2, -0.15) is 5.26 Å². The molecule has 0 heterocycles. The second kappa shape index (κ2) is 5.87. The highest BCUT2D eigenvalue weighted by Gasteiger charge is 2.03. The van der Waals surface area contributed by atoms with Gasteiger partial charge in [0.15, 0.2) is 0 Å². The van der Waals surface area contributed by atoms with E-state index in [4.69, 9.17) is 10.00 Å². The molecule has 3 nitrogen and oxygen atoms in total. The van der Waals surface area contributed by atoms with Gasteiger partial charge >= 0.3 is 0 Å². The number of nitrogens with one attached hydrogen (secondary N) is 1. The minimum absolute atomic E-state index is 0.276. The van der Waals surface area contributed by atoms with Crippen molar-refractivity contribution in [1.29, 1.82) is 5.26 Å². The Morgan fingerprint density at radius 3 is 2.79 bits per heavy atom. The van der Waals surface area contributed by atoms with Crippen LogP contribution in [-0.2, 0) is 6.54 Å². The monoisotopic (exact) mass is 256 g/mol. The van der Waals surface area contributed by atoms with Crippen LogP contribution in [0.3, 0.4) is 0 Å². The smallest absolute Gasteiger partial charge is 0.136 e. The zero-order valence-electron chi connectivity index (χ0n) is 10.5. The molecule has 0 aliphatic heterocycles. The van der Waals surface area contributed by atoms with Crippen molar-refractivity contribution < 1.29 is 9.13 Å². The van der Waals surface area contributed by atoms with E-state index >= 15 is 0 Å². The highest BCUT2D eigenvalue weighted by Crippen LogP contribution is 2.20. The Kier molecular flexibility index (Phi) is 3.99. The van der Waals surface area contributed by atoms with Crippen molar-refractivity contribution in [1.82, 2.24) is 0 Å². The quantitative estimate of drug-likeness (QED) is 0.912. The third kappa shape index (κ3) is 3.23. The summed E-state index contributed by atoms with van der Waals surface area (Å²) in [5, 5.41) is 12.0. The van der Waals surface area contributed by atoms with E-state index in [0.29, 0.717) is 23.5 Å². The van der Waals surface area contributed by atoms with Gasteiger partial charge < -0.3 is 10.1 Å². The van der Waals surface area contributed by atoms with Gasteiger partial charge in [-0.25, -0.2) is 4.39 Å². The minimum atomic E-state index is -0.276. The lowest BCUT2D eigenvalue weighted by molar-refractivity contribution is 0.413. The van der Waals surface area contributed by atoms with E-state index in [0.717, 1.165) is 5.56 Å². The van der Waals surface area contributed by atoms with Crippen molar-refractivity contribution in [3.8, 4) is 11.8 Å². The topological polar surface area (TPSA) is 45.0 Å². The maximum Gasteiger partial charge on any atom is 0.136 e. The molecule has 0 amide bonds. The SMILES string of the molecule is COc1cc(CNc2cccc(F)c2)ccc1C#N. The molecule has 19 heavy (non-hydrogen) atoms. The first-order valence-electron chi connectivity index (χ1n) is 5.79. The van der Waals surface area contributed by atoms with Crippen LogP contribution in [-0.4, -0.2) is 7.11 Å². The van der Waals surface area contributed by atoms with Gasteiger partial charge in [-0.15, -0.1) is 0 Å². The van der Waals surface area contributed by atoms with E-state index in [-0.39, 0.29) is 5.82 Å². The second-order valence-electron chi connectivity index (χ2n) is 4.01. The van der Waals surface area contributed by atoms with Gasteiger partial charge in [0.2, 0.25) is 0 Å². The van der Waals surface area contributed by atoms with Crippen LogP contribution in [0.5, 0.6) is 5.75 Å². The van der Waals surface area contributed by atoms with E-state index < -0.39 is 0 Å². The van der Waals surface area contributed by atoms with Gasteiger partial charge in [0, 0.05) is 12.2 Å². The molecule has 0 aromatic heterocycles. The molecule has 0 aliphatic rings. The third-order valence-electron chi connectivity index (χ3n) is 2.71. The van der Waals surface area contributed by atoms with E-state index in [1.165, 1.54) is 19.2 Å². The number of benzene rings is 2. The van der Waals surface area contributed by atoms with E-state index in [1.807, 2.05) is 6.07 Å². The summed E-state index contributed by atoms with van der Waals surface area (Å²) in [4.78, 5) is 0. The predicted octanol–water partition coefficient (Wildman–Crippen LogP) is 3.32. The summed E-state index contributed by atoms with van der Waals surface area (Å²) in [5.41, 5.74) is 2.17. The Labute approximate surface area is 111 Å². The summed E-state index contributed by atoms with van der Waals surface area (Å²) < 4.78 is 18.2. The molecule has 0 bridgehead atoms. The lowest BCUT2D eigenvalue weighted by atomic mass is 10.1. The molecule has 0 saturated carbocycles. The zero-order valence-corrected chi connectivity index (χ0v) is 10.5. The zero-order chi connectivity index (χ0) is 13.7. The largest absolute Gasteiger partial charge is 0.495 e. The molecular weight excluding hydrogens is 243 g/mol. The molecule has 4 heteroatoms. The van der Waals surface area contributed by atoms with Crippen molar-refractivity contribution in [3.63, 3.8) is 0 Å². The van der Waals surface area contributed by atoms with Crippen LogP contribution in [0, 0.1) is 17.1 Å². The number of nitrogens with zero attached hydrogens (tertiary/aromatic N) is 1. The summed E-state index contributed by atoms with van der Waals surface area (Å²) in [6, 6.07) is 13.7. The fourth-order valence-electron chi connectivity index (χ4n) is 1.74. The average Bonchev–Trinajstić information content (AvgIpc) is 2.45. The number of halogens is 1. The normalized spacial score (nSPS) is 9.74. The van der Waals surface area contributed by atoms with Gasteiger partial charge in [-0.3, -0.25) is 0 Å². The number of anilines is 1. The van der Waals surface area contributed by atoms with E-state index in [2.05, 4.69) is 11.4 Å². The van der Waals surface area contributed by atoms with Crippen molar-refractivity contribution in [3.05, 3.63) is 59.4 Å². The molecular formula is C15H13FN2O. The first kappa shape index (κ1) is 12.9. The maximum absolute atomic E-state index is 13.0. The van der Waals surface area contributed by atoms with Crippen molar-refractivity contribution in [2.45, 2.75) is 6.54 Å². The molecule has 0 unspecified atom stereocenters. The number of nitriles is 1. The standard InChI is InChI=1S/C15H13FN2O/c1-19-15-7-11(5-6-12(15)9-17)10-18-14-4-2-3-13(16)8-14/h2-8,18H,10H2,1H3. The Morgan fingerprint density at radius 2 is 2.11 bits per heavy atom. The summed E-state index contributed by atoms with van der Waals surface area (Å²) >= 11 is 0. The summed E-state index contributed by atoms with van der Waals surface area (Å²) in [7, 11) is 1.53. The van der Waals surface area contributed by atoms with Gasteiger partial charge in [-0.05, 0) is 35.9 Å². The third-order valence-corrected chi connectivity index (χ3v) is 2.71. The van der Waals surface area contributed by atoms with Crippen molar-refractivity contribution in [2.75, 3.05) is 12.4 Å². The van der Waals surface area contributed by atoms with Gasteiger partial charge in [0.25, 0.3) is 0 Å². The molecule has 1 N–H and O–H groups in total. The highest BCUT2D eigenvalue weighted by molar-refractivity contribution is 5.47. The minimum Gasteiger partial charge on any atom is -0.495 e. The number of hydrogen-bond acceptors (Lipinski definition) is 3. The molecule has 2 aromatic rings. The molecule has 0 radical (unpaired) electrons. The molecule has 0 fully saturated rings. The van der Waals surface area contributed by atoms with Crippen molar-refractivity contribution in [2.24, 2.45) is 0 Å². The van der Waals surface area contributed by atoms with Crippen molar-refractivity contribution >= 4 is 5.69 Å². The van der Waals surface area contributed by atoms with Gasteiger partial charge in [0.1, 0.15) is 17.6 Å². The fourth-order valence-corrected chi connectivity index (χ4v) is 1.74. The Bertz CT molecular complexity index is 620. The van der Waals surface area contributed by atoms with Gasteiger partial charge in [-0.1, -0.05) is 12.1 Å². The predicted molar refractivity (Wildman–Crippen MR) is 71.4 cm³/mol. The highest BCUT2D eigenvalue weighted by atomic mass is 19.1. The molecule has 0 spiro atoms. The lowest BCUT2D eigenvalue weighted by Crippen LogP contribution is -2.00. The fraction of sp³-hybridized carbons (Fsp3) is 0.133. The van der Waals surface area contributed by atoms with Crippen LogP contribution in [0.15, 0.2) is 42.5 Å². The first-order chi connectivity index (χ1) is 9.22. The molecule has 0 aliphatic carbocycles. The number of ether oxygens (including phenoxy) is 1. The van der Waals surface area contributed by atoms with Crippen LogP contribution < -0.4 is 10.1 Å². The molecule has 2 aromatic carbocycles. The summed E-state index contributed by atoms with van der Waals surface area (Å²) in [6.45, 7) is 0.533. The van der Waals surface area contributed by atoms with Crippen LogP contribution in [0.1, 0.15) is 11.1 Å². The van der Waals surface area contributed by atoms with E-state index in [1.54, 1.807) is 24.3 Å². The second-order valence-corrected chi connectivity index (χ2v) is 4.01. The lowest BCUT2D eigenvalue weighted by Gasteiger charge is -2.09. The Hall–Kier alpha value is -2.54. The molecule has 2 rings (SSSR count). The van der Waals surface area contributed by atoms with Crippen LogP contribution in [0.25, 0.3) is 0 Å². The van der Waals surface area contributed by atoms with E-state index in [9.17, 15) is 4.39 Å². The molecule has 0 atom stereocenters. The number of rotatable bonds is 4. The summed E-state index contributed by atoms with van der Waals surface area (Å²) in [5.74, 6) is 0.267. The average molecular weight is 256 g/mol. The Balaban J connectivity index is 2.10. The van der Waals surface area contributed by atoms with Crippen LogP contribution >= 0.6 is 0 Å². The van der Waals surface area contributed by atoms with Crippen LogP contribution in [0.2, 0.25) is 0 Å². The summed E-state index contributed by atoms with van der Waals surface area (Å²) in [6.07, 6.45) is 0. The molecule has 96 valence electrons. The number of hydrogen-bond donors (Lipinski definition) is 1. The number of methoxy groups -OCH3 is 1. The maximum atomic E-state index is 13.0. The van der Waals surface area contributed by atoms with Crippen LogP contribution in [0.4, 0.5) is 10.1 Å².